The average Bonchev–Trinajstić information content (AvgIpc) is 2.65. The maximum Gasteiger partial charge on any atom is 0.328 e. The lowest BCUT2D eigenvalue weighted by Gasteiger charge is -2.01. The van der Waals surface area contributed by atoms with Crippen LogP contribution >= 0.6 is 0 Å². The van der Waals surface area contributed by atoms with Crippen LogP contribution < -0.4 is 5.69 Å². The van der Waals surface area contributed by atoms with E-state index < -0.39 is 0 Å². The molecule has 0 aliphatic carbocycles. The molecule has 17 heavy (non-hydrogen) atoms. The molecule has 0 radical (unpaired) electrons. The molecular formula is C12H14N4O. The van der Waals surface area contributed by atoms with Crippen LogP contribution in [-0.4, -0.2) is 19.5 Å². The number of hydrogen-bond acceptors (Lipinski definition) is 3. The Balaban J connectivity index is 2.42. The highest BCUT2D eigenvalue weighted by molar-refractivity contribution is 5.65. The van der Waals surface area contributed by atoms with E-state index in [-0.39, 0.29) is 5.69 Å². The van der Waals surface area contributed by atoms with Gasteiger partial charge in [-0.1, -0.05) is 19.8 Å². The van der Waals surface area contributed by atoms with E-state index in [2.05, 4.69) is 27.8 Å². The van der Waals surface area contributed by atoms with Gasteiger partial charge < -0.3 is 0 Å². The molecule has 5 heteroatoms. The molecule has 2 rings (SSSR count). The van der Waals surface area contributed by atoms with Gasteiger partial charge in [0.1, 0.15) is 5.69 Å². The van der Waals surface area contributed by atoms with Gasteiger partial charge in [-0.3, -0.25) is 9.55 Å². The van der Waals surface area contributed by atoms with Gasteiger partial charge in [-0.25, -0.2) is 14.8 Å². The lowest BCUT2D eigenvalue weighted by molar-refractivity contribution is 0.597. The van der Waals surface area contributed by atoms with Crippen molar-refractivity contribution >= 4 is 11.3 Å². The van der Waals surface area contributed by atoms with Gasteiger partial charge in [0.15, 0.2) is 11.3 Å². The summed E-state index contributed by atoms with van der Waals surface area (Å²) in [5.74, 6) is 2.42. The standard InChI is InChI=1S/C12H14N4O/c1-3-5-6-7-16-11-10(15-12(16)17)13-8-9(4-2)14-11/h2,8H,3,5-7H2,1H3,(H,13,15,17). The first-order valence-electron chi connectivity index (χ1n) is 5.68. The molecule has 5 nitrogen and oxygen atoms in total. The van der Waals surface area contributed by atoms with Crippen LogP contribution in [-0.2, 0) is 6.54 Å². The second kappa shape index (κ2) is 4.83. The van der Waals surface area contributed by atoms with E-state index in [1.165, 1.54) is 6.20 Å². The molecule has 0 aliphatic rings. The third kappa shape index (κ3) is 2.21. The summed E-state index contributed by atoms with van der Waals surface area (Å²) in [6.45, 7) is 2.77. The summed E-state index contributed by atoms with van der Waals surface area (Å²) >= 11 is 0. The second-order valence-electron chi connectivity index (χ2n) is 3.86. The minimum atomic E-state index is -0.176. The van der Waals surface area contributed by atoms with E-state index in [1.54, 1.807) is 4.57 Å². The van der Waals surface area contributed by atoms with Gasteiger partial charge in [-0.2, -0.15) is 0 Å². The molecule has 0 aliphatic heterocycles. The molecule has 0 saturated carbocycles. The normalized spacial score (nSPS) is 10.6. The van der Waals surface area contributed by atoms with Crippen LogP contribution in [0.4, 0.5) is 0 Å². The predicted octanol–water partition coefficient (Wildman–Crippen LogP) is 1.29. The first-order chi connectivity index (χ1) is 8.26. The number of fused-ring (bicyclic) bond motifs is 1. The van der Waals surface area contributed by atoms with Crippen LogP contribution in [0.5, 0.6) is 0 Å². The topological polar surface area (TPSA) is 63.6 Å². The predicted molar refractivity (Wildman–Crippen MR) is 65.6 cm³/mol. The summed E-state index contributed by atoms with van der Waals surface area (Å²) in [5, 5.41) is 0. The van der Waals surface area contributed by atoms with Crippen molar-refractivity contribution in [2.24, 2.45) is 0 Å². The molecule has 1 N–H and O–H groups in total. The van der Waals surface area contributed by atoms with Crippen molar-refractivity contribution in [2.45, 2.75) is 32.7 Å². The number of hydrogen-bond donors (Lipinski definition) is 1. The molecular weight excluding hydrogens is 216 g/mol. The van der Waals surface area contributed by atoms with Crippen LogP contribution in [0.25, 0.3) is 11.3 Å². The Hall–Kier alpha value is -2.09. The van der Waals surface area contributed by atoms with E-state index in [1.807, 2.05) is 0 Å². The fourth-order valence-electron chi connectivity index (χ4n) is 1.72. The highest BCUT2D eigenvalue weighted by atomic mass is 16.1. The fraction of sp³-hybridized carbons (Fsp3) is 0.417. The van der Waals surface area contributed by atoms with Crippen LogP contribution in [0.15, 0.2) is 11.0 Å². The Bertz CT molecular complexity index is 617. The van der Waals surface area contributed by atoms with Crippen molar-refractivity contribution in [3.05, 3.63) is 22.4 Å². The van der Waals surface area contributed by atoms with Crippen LogP contribution in [0.3, 0.4) is 0 Å². The van der Waals surface area contributed by atoms with Crippen molar-refractivity contribution in [3.8, 4) is 12.3 Å². The first kappa shape index (κ1) is 11.4. The summed E-state index contributed by atoms with van der Waals surface area (Å²) in [5.41, 5.74) is 1.30. The maximum atomic E-state index is 11.7. The number of rotatable bonds is 4. The quantitative estimate of drug-likeness (QED) is 0.636. The van der Waals surface area contributed by atoms with Gasteiger partial charge in [-0.15, -0.1) is 6.42 Å². The van der Waals surface area contributed by atoms with Gasteiger partial charge >= 0.3 is 5.69 Å². The van der Waals surface area contributed by atoms with E-state index in [9.17, 15) is 4.79 Å². The summed E-state index contributed by atoms with van der Waals surface area (Å²) in [4.78, 5) is 22.7. The van der Waals surface area contributed by atoms with Gasteiger partial charge in [-0.05, 0) is 12.3 Å². The summed E-state index contributed by atoms with van der Waals surface area (Å²) in [6.07, 6.45) is 9.89. The molecule has 0 amide bonds. The molecule has 0 fully saturated rings. The molecule has 0 bridgehead atoms. The zero-order valence-electron chi connectivity index (χ0n) is 9.73. The summed E-state index contributed by atoms with van der Waals surface area (Å²) < 4.78 is 1.60. The van der Waals surface area contributed by atoms with E-state index in [4.69, 9.17) is 6.42 Å². The van der Waals surface area contributed by atoms with Gasteiger partial charge in [0, 0.05) is 6.54 Å². The third-order valence-corrected chi connectivity index (χ3v) is 2.61. The minimum Gasteiger partial charge on any atom is -0.289 e. The first-order valence-corrected chi connectivity index (χ1v) is 5.68. The molecule has 2 aromatic rings. The van der Waals surface area contributed by atoms with E-state index in [0.29, 0.717) is 23.5 Å². The number of aryl methyl sites for hydroxylation is 1. The zero-order valence-corrected chi connectivity index (χ0v) is 9.73. The fourth-order valence-corrected chi connectivity index (χ4v) is 1.72. The molecule has 2 heterocycles. The number of unbranched alkanes of at least 4 members (excludes halogenated alkanes) is 2. The average molecular weight is 230 g/mol. The van der Waals surface area contributed by atoms with Crippen LogP contribution in [0.2, 0.25) is 0 Å². The number of nitrogens with one attached hydrogen (secondary N) is 1. The van der Waals surface area contributed by atoms with E-state index >= 15 is 0 Å². The molecule has 88 valence electrons. The van der Waals surface area contributed by atoms with Crippen molar-refractivity contribution in [1.82, 2.24) is 19.5 Å². The van der Waals surface area contributed by atoms with Crippen LogP contribution in [0.1, 0.15) is 31.9 Å². The number of aromatic nitrogens is 4. The Labute approximate surface area is 98.9 Å². The molecule has 0 saturated heterocycles. The number of imidazole rings is 1. The smallest absolute Gasteiger partial charge is 0.289 e. The lowest BCUT2D eigenvalue weighted by atomic mass is 10.2. The zero-order chi connectivity index (χ0) is 12.3. The van der Waals surface area contributed by atoms with Crippen molar-refractivity contribution in [2.75, 3.05) is 0 Å². The molecule has 0 spiro atoms. The van der Waals surface area contributed by atoms with Crippen LogP contribution in [0, 0.1) is 12.3 Å². The Kier molecular flexibility index (Phi) is 3.24. The minimum absolute atomic E-state index is 0.176. The summed E-state index contributed by atoms with van der Waals surface area (Å²) in [6, 6.07) is 0. The Morgan fingerprint density at radius 3 is 3.06 bits per heavy atom. The molecule has 0 unspecified atom stereocenters. The number of aromatic amines is 1. The monoisotopic (exact) mass is 230 g/mol. The SMILES string of the molecule is C#Cc1cnc2[nH]c(=O)n(CCCCC)c2n1. The Morgan fingerprint density at radius 1 is 1.53 bits per heavy atom. The number of nitrogens with zero attached hydrogens (tertiary/aromatic N) is 3. The van der Waals surface area contributed by atoms with Gasteiger partial charge in [0.05, 0.1) is 6.20 Å². The largest absolute Gasteiger partial charge is 0.328 e. The third-order valence-electron chi connectivity index (χ3n) is 2.61. The molecule has 0 aromatic carbocycles. The lowest BCUT2D eigenvalue weighted by Crippen LogP contribution is -2.17. The van der Waals surface area contributed by atoms with Gasteiger partial charge in [0.25, 0.3) is 0 Å². The van der Waals surface area contributed by atoms with Gasteiger partial charge in [0.2, 0.25) is 0 Å². The Morgan fingerprint density at radius 2 is 2.35 bits per heavy atom. The van der Waals surface area contributed by atoms with Crippen molar-refractivity contribution < 1.29 is 0 Å². The highest BCUT2D eigenvalue weighted by Gasteiger charge is 2.09. The highest BCUT2D eigenvalue weighted by Crippen LogP contribution is 2.06. The molecule has 2 aromatic heterocycles. The van der Waals surface area contributed by atoms with E-state index in [0.717, 1.165) is 19.3 Å². The number of H-pyrrole nitrogens is 1. The maximum absolute atomic E-state index is 11.7. The summed E-state index contributed by atoms with van der Waals surface area (Å²) in [7, 11) is 0. The molecule has 0 atom stereocenters. The van der Waals surface area contributed by atoms with Crippen molar-refractivity contribution in [3.63, 3.8) is 0 Å². The number of terminal acetylenes is 1. The van der Waals surface area contributed by atoms with Crippen molar-refractivity contribution in [1.29, 1.82) is 0 Å². The second-order valence-corrected chi connectivity index (χ2v) is 3.86.